The van der Waals surface area contributed by atoms with Crippen molar-refractivity contribution in [1.82, 2.24) is 15.1 Å². The van der Waals surface area contributed by atoms with Gasteiger partial charge in [0.05, 0.1) is 5.56 Å². The van der Waals surface area contributed by atoms with Crippen molar-refractivity contribution in [1.29, 1.82) is 0 Å². The molecule has 0 saturated carbocycles. The van der Waals surface area contributed by atoms with Crippen molar-refractivity contribution in [3.8, 4) is 0 Å². The van der Waals surface area contributed by atoms with Crippen molar-refractivity contribution in [2.24, 2.45) is 0 Å². The van der Waals surface area contributed by atoms with Gasteiger partial charge in [-0.1, -0.05) is 12.1 Å². The Morgan fingerprint density at radius 3 is 2.58 bits per heavy atom. The maximum atomic E-state index is 12.3. The van der Waals surface area contributed by atoms with Gasteiger partial charge in [-0.15, -0.1) is 0 Å². The van der Waals surface area contributed by atoms with Crippen molar-refractivity contribution < 1.29 is 4.79 Å². The number of hydrogen-bond acceptors (Lipinski definition) is 3. The molecule has 0 aliphatic carbocycles. The molecule has 2 aliphatic heterocycles. The number of amides is 1. The number of hydrogen-bond donors (Lipinski definition) is 1. The van der Waals surface area contributed by atoms with Gasteiger partial charge in [0.15, 0.2) is 0 Å². The maximum absolute atomic E-state index is 12.3. The van der Waals surface area contributed by atoms with Gasteiger partial charge in [0, 0.05) is 49.8 Å². The zero-order valence-electron chi connectivity index (χ0n) is 10.8. The zero-order valence-corrected chi connectivity index (χ0v) is 12.4. The van der Waals surface area contributed by atoms with Gasteiger partial charge in [-0.05, 0) is 28.1 Å². The summed E-state index contributed by atoms with van der Waals surface area (Å²) < 4.78 is 0.880. The third kappa shape index (κ3) is 2.68. The average Bonchev–Trinajstić information content (AvgIpc) is 2.38. The van der Waals surface area contributed by atoms with E-state index in [9.17, 15) is 4.79 Å². The average molecular weight is 324 g/mol. The van der Waals surface area contributed by atoms with E-state index in [2.05, 4.69) is 26.1 Å². The van der Waals surface area contributed by atoms with Gasteiger partial charge in [0.25, 0.3) is 5.91 Å². The Morgan fingerprint density at radius 2 is 1.89 bits per heavy atom. The SMILES string of the molecule is O=C(c1ccccc1Br)N1CC(N2CCNCC2)C1. The highest BCUT2D eigenvalue weighted by Gasteiger charge is 2.35. The molecule has 1 N–H and O–H groups in total. The first kappa shape index (κ1) is 13.1. The fourth-order valence-electron chi connectivity index (χ4n) is 2.70. The van der Waals surface area contributed by atoms with E-state index in [1.807, 2.05) is 29.2 Å². The number of nitrogens with zero attached hydrogens (tertiary/aromatic N) is 2. The lowest BCUT2D eigenvalue weighted by Crippen LogP contribution is -2.63. The van der Waals surface area contributed by atoms with Crippen LogP contribution in [-0.4, -0.2) is 61.0 Å². The predicted octanol–water partition coefficient (Wildman–Crippen LogP) is 1.18. The molecule has 0 bridgehead atoms. The van der Waals surface area contributed by atoms with Crippen LogP contribution >= 0.6 is 15.9 Å². The molecule has 1 aromatic carbocycles. The number of benzene rings is 1. The standard InChI is InChI=1S/C14H18BrN3O/c15-13-4-2-1-3-12(13)14(19)18-9-11(10-18)17-7-5-16-6-8-17/h1-4,11,16H,5-10H2. The van der Waals surface area contributed by atoms with Crippen LogP contribution in [0.2, 0.25) is 0 Å². The predicted molar refractivity (Wildman–Crippen MR) is 78.3 cm³/mol. The van der Waals surface area contributed by atoms with Crippen molar-refractivity contribution >= 4 is 21.8 Å². The molecular weight excluding hydrogens is 306 g/mol. The van der Waals surface area contributed by atoms with E-state index < -0.39 is 0 Å². The van der Waals surface area contributed by atoms with Gasteiger partial charge in [-0.3, -0.25) is 9.69 Å². The molecule has 5 heteroatoms. The summed E-state index contributed by atoms with van der Waals surface area (Å²) >= 11 is 3.44. The second kappa shape index (κ2) is 5.61. The molecule has 1 amide bonds. The summed E-state index contributed by atoms with van der Waals surface area (Å²) in [5, 5.41) is 3.36. The fourth-order valence-corrected chi connectivity index (χ4v) is 3.16. The van der Waals surface area contributed by atoms with E-state index in [1.54, 1.807) is 0 Å². The zero-order chi connectivity index (χ0) is 13.2. The van der Waals surface area contributed by atoms with Crippen LogP contribution in [-0.2, 0) is 0 Å². The molecule has 1 aromatic rings. The van der Waals surface area contributed by atoms with Crippen LogP contribution in [0.15, 0.2) is 28.7 Å². The summed E-state index contributed by atoms with van der Waals surface area (Å²) in [6.07, 6.45) is 0. The van der Waals surface area contributed by atoms with Crippen LogP contribution in [0, 0.1) is 0 Å². The summed E-state index contributed by atoms with van der Waals surface area (Å²) in [4.78, 5) is 16.8. The lowest BCUT2D eigenvalue weighted by Gasteiger charge is -2.46. The number of nitrogens with one attached hydrogen (secondary N) is 1. The third-order valence-corrected chi connectivity index (χ3v) is 4.61. The van der Waals surface area contributed by atoms with Crippen LogP contribution < -0.4 is 5.32 Å². The Labute approximate surface area is 121 Å². The first-order valence-corrected chi connectivity index (χ1v) is 7.53. The van der Waals surface area contributed by atoms with Gasteiger partial charge in [-0.25, -0.2) is 0 Å². The number of rotatable bonds is 2. The molecule has 4 nitrogen and oxygen atoms in total. The smallest absolute Gasteiger partial charge is 0.255 e. The van der Waals surface area contributed by atoms with Crippen LogP contribution in [0.4, 0.5) is 0 Å². The molecule has 2 fully saturated rings. The minimum atomic E-state index is 0.138. The van der Waals surface area contributed by atoms with Gasteiger partial charge >= 0.3 is 0 Å². The van der Waals surface area contributed by atoms with E-state index in [1.165, 1.54) is 0 Å². The van der Waals surface area contributed by atoms with Crippen molar-refractivity contribution in [2.75, 3.05) is 39.3 Å². The second-order valence-corrected chi connectivity index (χ2v) is 5.98. The lowest BCUT2D eigenvalue weighted by molar-refractivity contribution is 0.0226. The Balaban J connectivity index is 1.58. The molecule has 0 aromatic heterocycles. The van der Waals surface area contributed by atoms with E-state index in [4.69, 9.17) is 0 Å². The van der Waals surface area contributed by atoms with Crippen molar-refractivity contribution in [2.45, 2.75) is 6.04 Å². The van der Waals surface area contributed by atoms with E-state index in [-0.39, 0.29) is 5.91 Å². The van der Waals surface area contributed by atoms with Crippen molar-refractivity contribution in [3.05, 3.63) is 34.3 Å². The second-order valence-electron chi connectivity index (χ2n) is 5.13. The highest BCUT2D eigenvalue weighted by Crippen LogP contribution is 2.22. The summed E-state index contributed by atoms with van der Waals surface area (Å²) in [7, 11) is 0. The summed E-state index contributed by atoms with van der Waals surface area (Å²) in [5.74, 6) is 0.138. The molecule has 0 radical (unpaired) electrons. The molecule has 0 atom stereocenters. The van der Waals surface area contributed by atoms with Gasteiger partial charge in [0.1, 0.15) is 0 Å². The molecule has 2 heterocycles. The molecular formula is C14H18BrN3O. The van der Waals surface area contributed by atoms with Crippen LogP contribution in [0.25, 0.3) is 0 Å². The highest BCUT2D eigenvalue weighted by atomic mass is 79.9. The summed E-state index contributed by atoms with van der Waals surface area (Å²) in [6.45, 7) is 6.05. The van der Waals surface area contributed by atoms with E-state index in [0.717, 1.165) is 49.3 Å². The first-order valence-electron chi connectivity index (χ1n) is 6.74. The Bertz CT molecular complexity index is 468. The normalized spacial score (nSPS) is 21.2. The molecule has 102 valence electrons. The number of piperazine rings is 1. The number of carbonyl (C=O) groups is 1. The van der Waals surface area contributed by atoms with Crippen LogP contribution in [0.3, 0.4) is 0 Å². The summed E-state index contributed by atoms with van der Waals surface area (Å²) in [5.41, 5.74) is 0.765. The van der Waals surface area contributed by atoms with Crippen molar-refractivity contribution in [3.63, 3.8) is 0 Å². The van der Waals surface area contributed by atoms with Gasteiger partial charge < -0.3 is 10.2 Å². The monoisotopic (exact) mass is 323 g/mol. The van der Waals surface area contributed by atoms with Crippen LogP contribution in [0.5, 0.6) is 0 Å². The Morgan fingerprint density at radius 1 is 1.21 bits per heavy atom. The van der Waals surface area contributed by atoms with Crippen LogP contribution in [0.1, 0.15) is 10.4 Å². The molecule has 3 rings (SSSR count). The van der Waals surface area contributed by atoms with E-state index >= 15 is 0 Å². The topological polar surface area (TPSA) is 35.6 Å². The minimum absolute atomic E-state index is 0.138. The fraction of sp³-hybridized carbons (Fsp3) is 0.500. The number of likely N-dealkylation sites (tertiary alicyclic amines) is 1. The number of carbonyl (C=O) groups excluding carboxylic acids is 1. The Kier molecular flexibility index (Phi) is 3.86. The number of halogens is 1. The first-order chi connectivity index (χ1) is 9.25. The van der Waals surface area contributed by atoms with Gasteiger partial charge in [-0.2, -0.15) is 0 Å². The highest BCUT2D eigenvalue weighted by molar-refractivity contribution is 9.10. The van der Waals surface area contributed by atoms with E-state index in [0.29, 0.717) is 6.04 Å². The van der Waals surface area contributed by atoms with Gasteiger partial charge in [0.2, 0.25) is 0 Å². The quantitative estimate of drug-likeness (QED) is 0.887. The third-order valence-electron chi connectivity index (χ3n) is 3.92. The minimum Gasteiger partial charge on any atom is -0.335 e. The molecule has 2 saturated heterocycles. The maximum Gasteiger partial charge on any atom is 0.255 e. The largest absolute Gasteiger partial charge is 0.335 e. The Hall–Kier alpha value is -0.910. The summed E-state index contributed by atoms with van der Waals surface area (Å²) in [6, 6.07) is 8.19. The molecule has 2 aliphatic rings. The molecule has 0 spiro atoms. The lowest BCUT2D eigenvalue weighted by atomic mass is 10.0. The molecule has 0 unspecified atom stereocenters. The molecule has 19 heavy (non-hydrogen) atoms.